The Morgan fingerprint density at radius 1 is 1.17 bits per heavy atom. The van der Waals surface area contributed by atoms with Gasteiger partial charge >= 0.3 is 0 Å². The number of fused-ring (bicyclic) bond motifs is 1. The fourth-order valence-electron chi connectivity index (χ4n) is 3.98. The summed E-state index contributed by atoms with van der Waals surface area (Å²) in [4.78, 5) is 26.4. The van der Waals surface area contributed by atoms with Gasteiger partial charge in [-0.2, -0.15) is 0 Å². The van der Waals surface area contributed by atoms with Crippen molar-refractivity contribution < 1.29 is 9.53 Å². The molecule has 2 fully saturated rings. The lowest BCUT2D eigenvalue weighted by Gasteiger charge is -2.48. The first kappa shape index (κ1) is 15.1. The molecule has 2 N–H and O–H groups in total. The molecule has 1 aliphatic heterocycles. The summed E-state index contributed by atoms with van der Waals surface area (Å²) in [6, 6.07) is 15.0. The number of benzene rings is 1. The molecule has 0 radical (unpaired) electrons. The van der Waals surface area contributed by atoms with Crippen molar-refractivity contribution in [3.05, 3.63) is 70.1 Å². The van der Waals surface area contributed by atoms with E-state index in [1.54, 1.807) is 12.1 Å². The average molecular weight is 324 g/mol. The maximum atomic E-state index is 12.5. The molecule has 0 spiro atoms. The maximum Gasteiger partial charge on any atom is 0.268 e. The van der Waals surface area contributed by atoms with Crippen LogP contribution in [0.5, 0.6) is 0 Å². The van der Waals surface area contributed by atoms with E-state index in [0.29, 0.717) is 11.6 Å². The van der Waals surface area contributed by atoms with E-state index in [-0.39, 0.29) is 29.5 Å². The van der Waals surface area contributed by atoms with Gasteiger partial charge in [-0.25, -0.2) is 0 Å². The van der Waals surface area contributed by atoms with Crippen LogP contribution in [0, 0.1) is 11.8 Å². The lowest BCUT2D eigenvalue weighted by molar-refractivity contribution is -0.0528. The van der Waals surface area contributed by atoms with Crippen molar-refractivity contribution in [2.75, 3.05) is 6.61 Å². The van der Waals surface area contributed by atoms with Gasteiger partial charge in [0.05, 0.1) is 6.10 Å². The predicted molar refractivity (Wildman–Crippen MR) is 89.8 cm³/mol. The summed E-state index contributed by atoms with van der Waals surface area (Å²) in [7, 11) is 0. The summed E-state index contributed by atoms with van der Waals surface area (Å²) in [5, 5.41) is 3.11. The zero-order valence-electron chi connectivity index (χ0n) is 13.3. The summed E-state index contributed by atoms with van der Waals surface area (Å²) in [6.45, 7) is 0.759. The van der Waals surface area contributed by atoms with Crippen molar-refractivity contribution in [3.8, 4) is 0 Å². The third-order valence-electron chi connectivity index (χ3n) is 5.15. The first-order valence-corrected chi connectivity index (χ1v) is 8.38. The SMILES string of the molecule is O=C(N[C@@H]1[C@H]2CCO[C@H]2[C@H]1Cc1ccccc1)c1cccc(=O)[nH]1. The molecular formula is C19H20N2O3. The molecular weight excluding hydrogens is 304 g/mol. The minimum Gasteiger partial charge on any atom is -0.377 e. The van der Waals surface area contributed by atoms with Gasteiger partial charge in [0, 0.05) is 30.6 Å². The van der Waals surface area contributed by atoms with E-state index in [0.717, 1.165) is 19.4 Å². The van der Waals surface area contributed by atoms with Gasteiger partial charge in [-0.3, -0.25) is 9.59 Å². The zero-order valence-corrected chi connectivity index (χ0v) is 13.3. The zero-order chi connectivity index (χ0) is 16.5. The smallest absolute Gasteiger partial charge is 0.268 e. The Hall–Kier alpha value is -2.40. The first-order chi connectivity index (χ1) is 11.7. The van der Waals surface area contributed by atoms with Crippen LogP contribution >= 0.6 is 0 Å². The van der Waals surface area contributed by atoms with Gasteiger partial charge in [0.1, 0.15) is 5.69 Å². The molecule has 2 aliphatic rings. The molecule has 1 saturated carbocycles. The minimum atomic E-state index is -0.265. The highest BCUT2D eigenvalue weighted by Crippen LogP contribution is 2.45. The highest BCUT2D eigenvalue weighted by Gasteiger charge is 2.54. The van der Waals surface area contributed by atoms with Crippen molar-refractivity contribution in [1.29, 1.82) is 0 Å². The quantitative estimate of drug-likeness (QED) is 0.900. The molecule has 4 rings (SSSR count). The van der Waals surface area contributed by atoms with Crippen molar-refractivity contribution in [2.45, 2.75) is 25.0 Å². The van der Waals surface area contributed by atoms with Gasteiger partial charge in [-0.15, -0.1) is 0 Å². The Bertz CT molecular complexity index is 786. The fraction of sp³-hybridized carbons (Fsp3) is 0.368. The van der Waals surface area contributed by atoms with Gasteiger partial charge in [-0.1, -0.05) is 36.4 Å². The Labute approximate surface area is 140 Å². The second kappa shape index (κ2) is 6.24. The van der Waals surface area contributed by atoms with Crippen molar-refractivity contribution in [1.82, 2.24) is 10.3 Å². The maximum absolute atomic E-state index is 12.5. The number of rotatable bonds is 4. The standard InChI is InChI=1S/C19H20N2O3/c22-16-8-4-7-15(20-16)19(23)21-17-13-9-10-24-18(13)14(17)11-12-5-2-1-3-6-12/h1-8,13-14,17-18H,9-11H2,(H,20,22)(H,21,23)/t13-,14+,17-,18-/m1/s1. The number of ether oxygens (including phenoxy) is 1. The van der Waals surface area contributed by atoms with Crippen LogP contribution in [0.2, 0.25) is 0 Å². The van der Waals surface area contributed by atoms with Crippen LogP contribution in [0.1, 0.15) is 22.5 Å². The number of amides is 1. The highest BCUT2D eigenvalue weighted by molar-refractivity contribution is 5.92. The minimum absolute atomic E-state index is 0.0916. The van der Waals surface area contributed by atoms with Crippen LogP contribution in [0.25, 0.3) is 0 Å². The number of carbonyl (C=O) groups excluding carboxylic acids is 1. The predicted octanol–water partition coefficient (Wildman–Crippen LogP) is 1.75. The fourth-order valence-corrected chi connectivity index (χ4v) is 3.98. The van der Waals surface area contributed by atoms with Gasteiger partial charge in [0.2, 0.25) is 5.56 Å². The van der Waals surface area contributed by atoms with Gasteiger partial charge in [0.25, 0.3) is 5.91 Å². The molecule has 1 amide bonds. The first-order valence-electron chi connectivity index (χ1n) is 8.38. The summed E-state index contributed by atoms with van der Waals surface area (Å²) < 4.78 is 5.86. The van der Waals surface area contributed by atoms with E-state index in [2.05, 4.69) is 22.4 Å². The van der Waals surface area contributed by atoms with Crippen LogP contribution < -0.4 is 10.9 Å². The Morgan fingerprint density at radius 3 is 2.79 bits per heavy atom. The number of aromatic nitrogens is 1. The third-order valence-corrected chi connectivity index (χ3v) is 5.15. The molecule has 1 saturated heterocycles. The molecule has 124 valence electrons. The second-order valence-electron chi connectivity index (χ2n) is 6.57. The molecule has 4 atom stereocenters. The van der Waals surface area contributed by atoms with Crippen LogP contribution in [-0.4, -0.2) is 29.6 Å². The molecule has 5 nitrogen and oxygen atoms in total. The number of nitrogens with one attached hydrogen (secondary N) is 2. The molecule has 1 aliphatic carbocycles. The highest BCUT2D eigenvalue weighted by atomic mass is 16.5. The molecule has 5 heteroatoms. The summed E-state index contributed by atoms with van der Waals surface area (Å²) in [5.41, 5.74) is 1.30. The second-order valence-corrected chi connectivity index (χ2v) is 6.57. The van der Waals surface area contributed by atoms with Crippen LogP contribution in [-0.2, 0) is 11.2 Å². The van der Waals surface area contributed by atoms with Crippen molar-refractivity contribution in [3.63, 3.8) is 0 Å². The van der Waals surface area contributed by atoms with Crippen molar-refractivity contribution in [2.24, 2.45) is 11.8 Å². The van der Waals surface area contributed by atoms with Gasteiger partial charge in [0.15, 0.2) is 0 Å². The van der Waals surface area contributed by atoms with E-state index >= 15 is 0 Å². The molecule has 24 heavy (non-hydrogen) atoms. The Balaban J connectivity index is 1.50. The number of carbonyl (C=O) groups is 1. The topological polar surface area (TPSA) is 71.2 Å². The summed E-state index contributed by atoms with van der Waals surface area (Å²) in [6.07, 6.45) is 2.09. The lowest BCUT2D eigenvalue weighted by Crippen LogP contribution is -2.62. The van der Waals surface area contributed by atoms with E-state index in [9.17, 15) is 9.59 Å². The number of hydrogen-bond donors (Lipinski definition) is 2. The van der Waals surface area contributed by atoms with Crippen LogP contribution in [0.4, 0.5) is 0 Å². The molecule has 2 aromatic rings. The van der Waals surface area contributed by atoms with Gasteiger partial charge < -0.3 is 15.0 Å². The largest absolute Gasteiger partial charge is 0.377 e. The lowest BCUT2D eigenvalue weighted by atomic mass is 9.64. The molecule has 2 heterocycles. The monoisotopic (exact) mass is 324 g/mol. The Kier molecular flexibility index (Phi) is 3.94. The van der Waals surface area contributed by atoms with E-state index in [1.807, 2.05) is 18.2 Å². The normalized spacial score (nSPS) is 28.0. The Morgan fingerprint density at radius 2 is 2.00 bits per heavy atom. The van der Waals surface area contributed by atoms with Crippen LogP contribution in [0.3, 0.4) is 0 Å². The van der Waals surface area contributed by atoms with E-state index in [1.165, 1.54) is 11.6 Å². The summed E-state index contributed by atoms with van der Waals surface area (Å²) in [5.74, 6) is 0.429. The molecule has 0 unspecified atom stereocenters. The number of pyridine rings is 1. The average Bonchev–Trinajstić information content (AvgIpc) is 3.03. The van der Waals surface area contributed by atoms with Crippen molar-refractivity contribution >= 4 is 5.91 Å². The third kappa shape index (κ3) is 2.76. The molecule has 1 aromatic heterocycles. The number of hydrogen-bond acceptors (Lipinski definition) is 3. The summed E-state index contributed by atoms with van der Waals surface area (Å²) >= 11 is 0. The molecule has 1 aromatic carbocycles. The van der Waals surface area contributed by atoms with E-state index in [4.69, 9.17) is 4.74 Å². The van der Waals surface area contributed by atoms with E-state index < -0.39 is 0 Å². The van der Waals surface area contributed by atoms with Crippen LogP contribution in [0.15, 0.2) is 53.3 Å². The number of aromatic amines is 1. The number of H-pyrrole nitrogens is 1. The van der Waals surface area contributed by atoms with Gasteiger partial charge in [-0.05, 0) is 24.5 Å². The molecule has 0 bridgehead atoms.